The van der Waals surface area contributed by atoms with Gasteiger partial charge in [0, 0.05) is 4.88 Å². The number of aryl methyl sites for hydroxylation is 1. The Labute approximate surface area is 87.6 Å². The van der Waals surface area contributed by atoms with E-state index in [0.29, 0.717) is 4.88 Å². The zero-order valence-corrected chi connectivity index (χ0v) is 9.02. The summed E-state index contributed by atoms with van der Waals surface area (Å²) < 4.78 is 0. The Morgan fingerprint density at radius 3 is 3.14 bits per heavy atom. The summed E-state index contributed by atoms with van der Waals surface area (Å²) in [5, 5.41) is 10.7. The van der Waals surface area contributed by atoms with E-state index < -0.39 is 5.97 Å². The van der Waals surface area contributed by atoms with Crippen molar-refractivity contribution in [2.45, 2.75) is 32.6 Å². The Hall–Kier alpha value is -0.830. The van der Waals surface area contributed by atoms with Crippen LogP contribution in [0, 0.1) is 5.92 Å². The second-order valence-corrected chi connectivity index (χ2v) is 5.00. The molecule has 1 aliphatic rings. The molecule has 0 spiro atoms. The van der Waals surface area contributed by atoms with Crippen LogP contribution in [0.2, 0.25) is 0 Å². The molecule has 0 bridgehead atoms. The van der Waals surface area contributed by atoms with Crippen LogP contribution in [0.25, 0.3) is 0 Å². The molecule has 0 unspecified atom stereocenters. The van der Waals surface area contributed by atoms with Gasteiger partial charge in [-0.05, 0) is 36.8 Å². The van der Waals surface area contributed by atoms with Gasteiger partial charge in [0.1, 0.15) is 0 Å². The average Bonchev–Trinajstić information content (AvgIpc) is 2.59. The molecule has 0 aliphatic heterocycles. The van der Waals surface area contributed by atoms with E-state index in [2.05, 4.69) is 6.92 Å². The summed E-state index contributed by atoms with van der Waals surface area (Å²) in [5.41, 5.74) is 1.24. The van der Waals surface area contributed by atoms with E-state index in [9.17, 15) is 9.90 Å². The van der Waals surface area contributed by atoms with Gasteiger partial charge in [0.2, 0.25) is 0 Å². The van der Waals surface area contributed by atoms with Gasteiger partial charge in [-0.2, -0.15) is 0 Å². The topological polar surface area (TPSA) is 40.1 Å². The average molecular weight is 209 g/mol. The van der Waals surface area contributed by atoms with Crippen molar-refractivity contribution in [3.05, 3.63) is 21.4 Å². The molecule has 14 heavy (non-hydrogen) atoms. The third kappa shape index (κ3) is 1.69. The summed E-state index contributed by atoms with van der Waals surface area (Å²) >= 11 is 1.39. The molecule has 2 nitrogen and oxygen atoms in total. The van der Waals surface area contributed by atoms with Crippen molar-refractivity contribution in [1.82, 2.24) is 0 Å². The lowest BCUT2D eigenvalue weighted by Gasteiger charge is -2.19. The molecule has 1 aliphatic carbocycles. The van der Waals surface area contributed by atoms with Crippen LogP contribution in [-0.2, 0) is 12.8 Å². The van der Waals surface area contributed by atoms with Crippen LogP contribution in [0.3, 0.4) is 0 Å². The molecule has 0 N–H and O–H groups in total. The smallest absolute Gasteiger partial charge is 0.0815 e. The number of rotatable bonds is 2. The van der Waals surface area contributed by atoms with Crippen molar-refractivity contribution in [3.63, 3.8) is 0 Å². The molecule has 0 radical (unpaired) electrons. The molecular formula is C11H13O2S-. The Balaban J connectivity index is 2.25. The van der Waals surface area contributed by atoms with Crippen LogP contribution >= 0.6 is 11.3 Å². The van der Waals surface area contributed by atoms with Crippen molar-refractivity contribution < 1.29 is 9.90 Å². The maximum Gasteiger partial charge on any atom is 0.0815 e. The van der Waals surface area contributed by atoms with Gasteiger partial charge in [0.05, 0.1) is 10.8 Å². The number of carbonyl (C=O) groups is 1. The summed E-state index contributed by atoms with van der Waals surface area (Å²) in [6.45, 7) is 2.20. The monoisotopic (exact) mass is 209 g/mol. The molecule has 3 heteroatoms. The van der Waals surface area contributed by atoms with Crippen molar-refractivity contribution >= 4 is 17.3 Å². The number of aromatic carboxylic acids is 1. The van der Waals surface area contributed by atoms with Crippen LogP contribution in [0.1, 0.15) is 39.9 Å². The number of hydrogen-bond donors (Lipinski definition) is 0. The second-order valence-electron chi connectivity index (χ2n) is 3.86. The molecule has 0 saturated heterocycles. The first-order chi connectivity index (χ1) is 6.70. The van der Waals surface area contributed by atoms with Crippen molar-refractivity contribution in [2.24, 2.45) is 5.92 Å². The van der Waals surface area contributed by atoms with E-state index >= 15 is 0 Å². The second kappa shape index (κ2) is 3.73. The lowest BCUT2D eigenvalue weighted by Crippen LogP contribution is -2.20. The Kier molecular flexibility index (Phi) is 2.59. The molecule has 0 fully saturated rings. The minimum absolute atomic E-state index is 0.395. The largest absolute Gasteiger partial charge is 0.544 e. The van der Waals surface area contributed by atoms with E-state index in [0.717, 1.165) is 18.8 Å². The van der Waals surface area contributed by atoms with Crippen LogP contribution in [0.15, 0.2) is 6.07 Å². The standard InChI is InChI=1S/C11H14O2S/c1-2-7-3-4-9-8(5-7)6-10(14-9)11(12)13/h6-7H,2-5H2,1H3,(H,12,13)/p-1/t7-/m0/s1. The molecule has 1 atom stereocenters. The summed E-state index contributed by atoms with van der Waals surface area (Å²) in [7, 11) is 0. The SMILES string of the molecule is CC[C@H]1CCc2sc(C(=O)[O-])cc2C1. The van der Waals surface area contributed by atoms with Crippen LogP contribution in [-0.4, -0.2) is 5.97 Å². The highest BCUT2D eigenvalue weighted by Crippen LogP contribution is 2.33. The third-order valence-corrected chi connectivity index (χ3v) is 4.18. The zero-order chi connectivity index (χ0) is 10.1. The molecule has 1 aromatic heterocycles. The van der Waals surface area contributed by atoms with E-state index in [1.54, 1.807) is 6.07 Å². The van der Waals surface area contributed by atoms with Crippen molar-refractivity contribution in [3.8, 4) is 0 Å². The van der Waals surface area contributed by atoms with Crippen LogP contribution in [0.5, 0.6) is 0 Å². The Morgan fingerprint density at radius 2 is 2.50 bits per heavy atom. The van der Waals surface area contributed by atoms with E-state index in [-0.39, 0.29) is 0 Å². The van der Waals surface area contributed by atoms with Gasteiger partial charge in [-0.25, -0.2) is 0 Å². The summed E-state index contributed by atoms with van der Waals surface area (Å²) in [5.74, 6) is -0.288. The first-order valence-electron chi connectivity index (χ1n) is 5.03. The van der Waals surface area contributed by atoms with Crippen molar-refractivity contribution in [1.29, 1.82) is 0 Å². The van der Waals surface area contributed by atoms with Gasteiger partial charge in [-0.3, -0.25) is 0 Å². The quantitative estimate of drug-likeness (QED) is 0.742. The van der Waals surface area contributed by atoms with Gasteiger partial charge in [0.15, 0.2) is 0 Å². The fourth-order valence-corrected chi connectivity index (χ4v) is 3.09. The maximum atomic E-state index is 10.7. The number of thiophene rings is 1. The number of fused-ring (bicyclic) bond motifs is 1. The maximum absolute atomic E-state index is 10.7. The number of carboxylic acid groups (broad SMARTS) is 1. The first-order valence-corrected chi connectivity index (χ1v) is 5.85. The van der Waals surface area contributed by atoms with Crippen molar-refractivity contribution in [2.75, 3.05) is 0 Å². The van der Waals surface area contributed by atoms with E-state index in [1.165, 1.54) is 34.6 Å². The normalized spacial score (nSPS) is 20.5. The molecule has 1 heterocycles. The molecule has 1 aromatic rings. The van der Waals surface area contributed by atoms with Gasteiger partial charge in [0.25, 0.3) is 0 Å². The molecule has 76 valence electrons. The van der Waals surface area contributed by atoms with Gasteiger partial charge < -0.3 is 9.90 Å². The minimum atomic E-state index is -1.03. The fraction of sp³-hybridized carbons (Fsp3) is 0.545. The predicted octanol–water partition coefficient (Wildman–Crippen LogP) is 1.63. The highest BCUT2D eigenvalue weighted by Gasteiger charge is 2.19. The Bertz CT molecular complexity index is 354. The molecule has 0 aromatic carbocycles. The fourth-order valence-electron chi connectivity index (χ4n) is 2.05. The highest BCUT2D eigenvalue weighted by atomic mass is 32.1. The summed E-state index contributed by atoms with van der Waals surface area (Å²) in [6.07, 6.45) is 4.49. The Morgan fingerprint density at radius 1 is 1.71 bits per heavy atom. The predicted molar refractivity (Wildman–Crippen MR) is 54.5 cm³/mol. The lowest BCUT2D eigenvalue weighted by atomic mass is 9.87. The van der Waals surface area contributed by atoms with Crippen LogP contribution < -0.4 is 5.11 Å². The van der Waals surface area contributed by atoms with Crippen LogP contribution in [0.4, 0.5) is 0 Å². The highest BCUT2D eigenvalue weighted by molar-refractivity contribution is 7.14. The van der Waals surface area contributed by atoms with Gasteiger partial charge in [-0.15, -0.1) is 11.3 Å². The molecule has 2 rings (SSSR count). The van der Waals surface area contributed by atoms with E-state index in [4.69, 9.17) is 0 Å². The lowest BCUT2D eigenvalue weighted by molar-refractivity contribution is -0.254. The molecule has 0 amide bonds. The number of carbonyl (C=O) groups excluding carboxylic acids is 1. The first kappa shape index (κ1) is 9.71. The van der Waals surface area contributed by atoms with Gasteiger partial charge in [-0.1, -0.05) is 13.3 Å². The molecular weight excluding hydrogens is 196 g/mol. The third-order valence-electron chi connectivity index (χ3n) is 2.96. The van der Waals surface area contributed by atoms with Gasteiger partial charge >= 0.3 is 0 Å². The summed E-state index contributed by atoms with van der Waals surface area (Å²) in [6, 6.07) is 1.80. The summed E-state index contributed by atoms with van der Waals surface area (Å²) in [4.78, 5) is 12.3. The molecule has 0 saturated carbocycles. The number of carboxylic acids is 1. The zero-order valence-electron chi connectivity index (χ0n) is 8.21. The minimum Gasteiger partial charge on any atom is -0.544 e. The number of hydrogen-bond acceptors (Lipinski definition) is 3. The van der Waals surface area contributed by atoms with E-state index in [1.807, 2.05) is 0 Å².